The third-order valence-corrected chi connectivity index (χ3v) is 3.87. The van der Waals surface area contributed by atoms with Crippen LogP contribution in [0.4, 0.5) is 10.9 Å². The predicted octanol–water partition coefficient (Wildman–Crippen LogP) is 1.80. The van der Waals surface area contributed by atoms with Crippen molar-refractivity contribution in [2.24, 2.45) is 0 Å². The van der Waals surface area contributed by atoms with Crippen LogP contribution in [0.2, 0.25) is 0 Å². The van der Waals surface area contributed by atoms with Crippen LogP contribution in [-0.4, -0.2) is 45.2 Å². The number of hydrogen-bond donors (Lipinski definition) is 1. The van der Waals surface area contributed by atoms with Gasteiger partial charge in [-0.05, 0) is 26.9 Å². The Kier molecular flexibility index (Phi) is 3.39. The molecule has 0 aromatic carbocycles. The second kappa shape index (κ2) is 5.18. The molecule has 0 amide bonds. The van der Waals surface area contributed by atoms with E-state index >= 15 is 0 Å². The number of likely N-dealkylation sites (N-methyl/N-ethyl adjacent to an activating group) is 1. The number of likely N-dealkylation sites (tertiary alicyclic amines) is 1. The van der Waals surface area contributed by atoms with Crippen LogP contribution < -0.4 is 5.32 Å². The van der Waals surface area contributed by atoms with Gasteiger partial charge in [0.15, 0.2) is 0 Å². The molecule has 0 spiro atoms. The monoisotopic (exact) mass is 276 g/mol. The number of aryl methyl sites for hydroxylation is 1. The van der Waals surface area contributed by atoms with E-state index < -0.39 is 0 Å². The number of aromatic nitrogens is 4. The van der Waals surface area contributed by atoms with Crippen LogP contribution in [0.1, 0.15) is 23.9 Å². The van der Waals surface area contributed by atoms with E-state index in [0.717, 1.165) is 42.0 Å². The molecule has 0 bridgehead atoms. The highest BCUT2D eigenvalue weighted by atomic mass is 32.1. The maximum atomic E-state index is 4.57. The lowest BCUT2D eigenvalue weighted by Gasteiger charge is -2.12. The minimum absolute atomic E-state index is 0.502. The van der Waals surface area contributed by atoms with Gasteiger partial charge in [-0.25, -0.2) is 9.97 Å². The lowest BCUT2D eigenvalue weighted by molar-refractivity contribution is 0.410. The molecule has 1 atom stereocenters. The molecule has 2 aromatic heterocycles. The number of rotatable bonds is 3. The Hall–Kier alpha value is -1.60. The molecular weight excluding hydrogens is 260 g/mol. The van der Waals surface area contributed by atoms with Gasteiger partial charge in [0, 0.05) is 18.5 Å². The maximum Gasteiger partial charge on any atom is 0.210 e. The zero-order valence-corrected chi connectivity index (χ0v) is 11.8. The van der Waals surface area contributed by atoms with Gasteiger partial charge in [0.05, 0.1) is 5.69 Å². The first-order chi connectivity index (χ1) is 9.20. The average Bonchev–Trinajstić information content (AvgIpc) is 3.00. The summed E-state index contributed by atoms with van der Waals surface area (Å²) >= 11 is 1.46. The summed E-state index contributed by atoms with van der Waals surface area (Å²) in [6.07, 6.45) is 1.16. The van der Waals surface area contributed by atoms with Crippen LogP contribution in [0, 0.1) is 6.92 Å². The second-order valence-corrected chi connectivity index (χ2v) is 5.68. The highest BCUT2D eigenvalue weighted by Gasteiger charge is 2.23. The molecule has 6 nitrogen and oxygen atoms in total. The molecule has 0 radical (unpaired) electrons. The number of hydrogen-bond acceptors (Lipinski definition) is 7. The summed E-state index contributed by atoms with van der Waals surface area (Å²) < 4.78 is 0. The van der Waals surface area contributed by atoms with Crippen molar-refractivity contribution < 1.29 is 0 Å². The molecule has 1 aliphatic heterocycles. The molecule has 19 heavy (non-hydrogen) atoms. The Morgan fingerprint density at radius 3 is 3.00 bits per heavy atom. The lowest BCUT2D eigenvalue weighted by Crippen LogP contribution is -2.14. The minimum Gasteiger partial charge on any atom is -0.315 e. The van der Waals surface area contributed by atoms with E-state index in [1.54, 1.807) is 5.51 Å². The first-order valence-electron chi connectivity index (χ1n) is 6.28. The highest BCUT2D eigenvalue weighted by Crippen LogP contribution is 2.27. The van der Waals surface area contributed by atoms with Crippen LogP contribution in [0.3, 0.4) is 0 Å². The molecule has 0 unspecified atom stereocenters. The average molecular weight is 276 g/mol. The quantitative estimate of drug-likeness (QED) is 0.922. The van der Waals surface area contributed by atoms with Gasteiger partial charge in [0.1, 0.15) is 17.2 Å². The third-order valence-electron chi connectivity index (χ3n) is 3.26. The molecule has 0 saturated carbocycles. The Morgan fingerprint density at radius 2 is 2.32 bits per heavy atom. The fourth-order valence-electron chi connectivity index (χ4n) is 2.38. The van der Waals surface area contributed by atoms with E-state index in [-0.39, 0.29) is 0 Å². The zero-order valence-electron chi connectivity index (χ0n) is 11.0. The molecule has 3 rings (SSSR count). The third kappa shape index (κ3) is 2.87. The summed E-state index contributed by atoms with van der Waals surface area (Å²) in [4.78, 5) is 11.3. The molecule has 7 heteroatoms. The van der Waals surface area contributed by atoms with E-state index in [1.165, 1.54) is 11.3 Å². The normalized spacial score (nSPS) is 19.8. The fraction of sp³-hybridized carbons (Fsp3) is 0.500. The second-order valence-electron chi connectivity index (χ2n) is 4.84. The Morgan fingerprint density at radius 1 is 1.42 bits per heavy atom. The first-order valence-corrected chi connectivity index (χ1v) is 7.16. The molecule has 1 saturated heterocycles. The predicted molar refractivity (Wildman–Crippen MR) is 74.8 cm³/mol. The van der Waals surface area contributed by atoms with Crippen molar-refractivity contribution in [3.8, 4) is 0 Å². The Labute approximate surface area is 115 Å². The van der Waals surface area contributed by atoms with Gasteiger partial charge in [0.2, 0.25) is 5.13 Å². The van der Waals surface area contributed by atoms with Gasteiger partial charge in [-0.3, -0.25) is 0 Å². The smallest absolute Gasteiger partial charge is 0.210 e. The van der Waals surface area contributed by atoms with E-state index in [1.807, 2.05) is 13.0 Å². The molecule has 1 aliphatic rings. The van der Waals surface area contributed by atoms with Crippen molar-refractivity contribution >= 4 is 22.3 Å². The van der Waals surface area contributed by atoms with Gasteiger partial charge >= 0.3 is 0 Å². The maximum absolute atomic E-state index is 4.57. The minimum atomic E-state index is 0.502. The highest BCUT2D eigenvalue weighted by molar-refractivity contribution is 7.13. The van der Waals surface area contributed by atoms with Crippen LogP contribution in [0.25, 0.3) is 0 Å². The standard InChI is InChI=1S/C12H16N6S/c1-8-14-10(9-3-4-18(2)6-9)5-11(15-8)16-12-17-13-7-19-12/h5,7,9H,3-4,6H2,1-2H3,(H,14,15,16,17)/t9-/m0/s1. The number of anilines is 2. The molecular formula is C12H16N6S. The van der Waals surface area contributed by atoms with Crippen molar-refractivity contribution in [2.45, 2.75) is 19.3 Å². The molecule has 100 valence electrons. The SMILES string of the molecule is Cc1nc(Nc2nncs2)cc([C@H]2CCN(C)C2)n1. The molecule has 3 heterocycles. The van der Waals surface area contributed by atoms with Gasteiger partial charge in [-0.1, -0.05) is 11.3 Å². The summed E-state index contributed by atoms with van der Waals surface area (Å²) in [6, 6.07) is 2.03. The topological polar surface area (TPSA) is 66.8 Å². The summed E-state index contributed by atoms with van der Waals surface area (Å²) in [5, 5.41) is 11.7. The number of nitrogens with one attached hydrogen (secondary N) is 1. The zero-order chi connectivity index (χ0) is 13.2. The van der Waals surface area contributed by atoms with E-state index in [0.29, 0.717) is 5.92 Å². The van der Waals surface area contributed by atoms with Gasteiger partial charge in [-0.15, -0.1) is 10.2 Å². The number of nitrogens with zero attached hydrogens (tertiary/aromatic N) is 5. The van der Waals surface area contributed by atoms with Crippen molar-refractivity contribution in [3.05, 3.63) is 23.1 Å². The van der Waals surface area contributed by atoms with Crippen molar-refractivity contribution in [1.29, 1.82) is 0 Å². The first kappa shape index (κ1) is 12.4. The molecule has 1 fully saturated rings. The summed E-state index contributed by atoms with van der Waals surface area (Å²) in [6.45, 7) is 4.12. The fourth-order valence-corrected chi connectivity index (χ4v) is 2.83. The van der Waals surface area contributed by atoms with Crippen LogP contribution in [-0.2, 0) is 0 Å². The van der Waals surface area contributed by atoms with Crippen LogP contribution in [0.15, 0.2) is 11.6 Å². The molecule has 2 aromatic rings. The summed E-state index contributed by atoms with van der Waals surface area (Å²) in [7, 11) is 2.15. The van der Waals surface area contributed by atoms with Crippen LogP contribution >= 0.6 is 11.3 Å². The summed E-state index contributed by atoms with van der Waals surface area (Å²) in [5.74, 6) is 2.09. The van der Waals surface area contributed by atoms with Crippen molar-refractivity contribution in [2.75, 3.05) is 25.5 Å². The van der Waals surface area contributed by atoms with E-state index in [2.05, 4.69) is 37.4 Å². The van der Waals surface area contributed by atoms with Gasteiger partial charge in [0.25, 0.3) is 0 Å². The van der Waals surface area contributed by atoms with Gasteiger partial charge in [-0.2, -0.15) is 0 Å². The van der Waals surface area contributed by atoms with E-state index in [9.17, 15) is 0 Å². The van der Waals surface area contributed by atoms with E-state index in [4.69, 9.17) is 0 Å². The summed E-state index contributed by atoms with van der Waals surface area (Å²) in [5.41, 5.74) is 2.81. The molecule has 0 aliphatic carbocycles. The largest absolute Gasteiger partial charge is 0.315 e. The Balaban J connectivity index is 1.83. The van der Waals surface area contributed by atoms with Gasteiger partial charge < -0.3 is 10.2 Å². The van der Waals surface area contributed by atoms with Crippen LogP contribution in [0.5, 0.6) is 0 Å². The molecule has 1 N–H and O–H groups in total. The van der Waals surface area contributed by atoms with Crippen molar-refractivity contribution in [1.82, 2.24) is 25.1 Å². The van der Waals surface area contributed by atoms with Crippen molar-refractivity contribution in [3.63, 3.8) is 0 Å². The Bertz CT molecular complexity index is 555. The lowest BCUT2D eigenvalue weighted by atomic mass is 10.0.